The lowest BCUT2D eigenvalue weighted by molar-refractivity contribution is 1.12. The molecule has 0 bridgehead atoms. The quantitative estimate of drug-likeness (QED) is 0.716. The number of nitrogens with two attached hydrogens (primary N) is 1. The molecule has 0 unspecified atom stereocenters. The Kier molecular flexibility index (Phi) is 2.70. The molecule has 0 saturated heterocycles. The zero-order valence-electron chi connectivity index (χ0n) is 8.83. The average Bonchev–Trinajstić information content (AvgIpc) is 2.81. The number of para-hydroxylation sites is 1. The number of nitrogen functional groups attached to an aromatic ring is 1. The Morgan fingerprint density at radius 2 is 1.94 bits per heavy atom. The van der Waals surface area contributed by atoms with Crippen LogP contribution in [0.2, 0.25) is 0 Å². The summed E-state index contributed by atoms with van der Waals surface area (Å²) in [4.78, 5) is 8.53. The van der Waals surface area contributed by atoms with E-state index in [1.54, 1.807) is 23.1 Å². The molecule has 3 nitrogen and oxygen atoms in total. The van der Waals surface area contributed by atoms with Gasteiger partial charge in [0.05, 0.1) is 9.73 Å². The zero-order valence-corrected chi connectivity index (χ0v) is 10.5. The van der Waals surface area contributed by atoms with Crippen molar-refractivity contribution < 1.29 is 0 Å². The molecule has 0 atom stereocenters. The zero-order chi connectivity index (χ0) is 11.7. The first kappa shape index (κ1) is 10.6. The number of aromatic nitrogens is 2. The fourth-order valence-electron chi connectivity index (χ4n) is 1.56. The van der Waals surface area contributed by atoms with Crippen LogP contribution in [-0.4, -0.2) is 9.97 Å². The van der Waals surface area contributed by atoms with Crippen molar-refractivity contribution in [3.8, 4) is 0 Å². The number of fused-ring (bicyclic) bond motifs is 1. The monoisotopic (exact) mass is 259 g/mol. The predicted octanol–water partition coefficient (Wildman–Crippen LogP) is 3.42. The van der Waals surface area contributed by atoms with Gasteiger partial charge in [-0.25, -0.2) is 9.97 Å². The van der Waals surface area contributed by atoms with E-state index in [4.69, 9.17) is 5.73 Å². The predicted molar refractivity (Wildman–Crippen MR) is 72.4 cm³/mol. The van der Waals surface area contributed by atoms with Gasteiger partial charge in [0, 0.05) is 5.39 Å². The molecular formula is C12H9N3S2. The van der Waals surface area contributed by atoms with E-state index in [0.717, 1.165) is 15.9 Å². The second-order valence-electron chi connectivity index (χ2n) is 3.44. The van der Waals surface area contributed by atoms with E-state index in [0.29, 0.717) is 5.95 Å². The fourth-order valence-corrected chi connectivity index (χ4v) is 3.36. The first-order chi connectivity index (χ1) is 8.33. The Morgan fingerprint density at radius 3 is 2.76 bits per heavy atom. The first-order valence-electron chi connectivity index (χ1n) is 5.06. The van der Waals surface area contributed by atoms with Gasteiger partial charge in [0.25, 0.3) is 0 Å². The summed E-state index contributed by atoms with van der Waals surface area (Å²) in [5.41, 5.74) is 6.61. The van der Waals surface area contributed by atoms with Gasteiger partial charge >= 0.3 is 0 Å². The lowest BCUT2D eigenvalue weighted by atomic mass is 10.2. The number of rotatable bonds is 2. The van der Waals surface area contributed by atoms with Crippen LogP contribution in [-0.2, 0) is 0 Å². The van der Waals surface area contributed by atoms with Crippen molar-refractivity contribution >= 4 is 39.9 Å². The summed E-state index contributed by atoms with van der Waals surface area (Å²) in [5.74, 6) is 0.322. The Hall–Kier alpha value is -1.59. The highest BCUT2D eigenvalue weighted by atomic mass is 32.2. The molecule has 3 aromatic rings. The molecule has 0 fully saturated rings. The average molecular weight is 259 g/mol. The van der Waals surface area contributed by atoms with Crippen LogP contribution in [0.5, 0.6) is 0 Å². The molecule has 0 saturated carbocycles. The molecule has 2 N–H and O–H groups in total. The van der Waals surface area contributed by atoms with E-state index in [9.17, 15) is 0 Å². The van der Waals surface area contributed by atoms with Gasteiger partial charge in [0.15, 0.2) is 0 Å². The smallest absolute Gasteiger partial charge is 0.221 e. The van der Waals surface area contributed by atoms with Crippen LogP contribution in [0, 0.1) is 0 Å². The van der Waals surface area contributed by atoms with Gasteiger partial charge in [-0.3, -0.25) is 0 Å². The summed E-state index contributed by atoms with van der Waals surface area (Å²) in [6.45, 7) is 0. The summed E-state index contributed by atoms with van der Waals surface area (Å²) in [6, 6.07) is 12.0. The lowest BCUT2D eigenvalue weighted by Gasteiger charge is -2.04. The summed E-state index contributed by atoms with van der Waals surface area (Å²) >= 11 is 3.32. The number of thiophene rings is 1. The van der Waals surface area contributed by atoms with Gasteiger partial charge < -0.3 is 5.73 Å². The molecule has 17 heavy (non-hydrogen) atoms. The third-order valence-corrected chi connectivity index (χ3v) is 4.32. The number of anilines is 1. The molecule has 5 heteroatoms. The number of benzene rings is 1. The molecule has 0 amide bonds. The molecule has 84 valence electrons. The maximum atomic E-state index is 5.72. The highest BCUT2D eigenvalue weighted by Gasteiger charge is 2.07. The van der Waals surface area contributed by atoms with E-state index in [-0.39, 0.29) is 0 Å². The molecule has 2 heterocycles. The minimum atomic E-state index is 0.322. The topological polar surface area (TPSA) is 51.8 Å². The van der Waals surface area contributed by atoms with Gasteiger partial charge in [-0.2, -0.15) is 0 Å². The third-order valence-electron chi connectivity index (χ3n) is 2.28. The summed E-state index contributed by atoms with van der Waals surface area (Å²) in [7, 11) is 0. The van der Waals surface area contributed by atoms with Gasteiger partial charge in [-0.15, -0.1) is 11.3 Å². The molecule has 0 aliphatic carbocycles. The Bertz CT molecular complexity index is 650. The number of hydrogen-bond acceptors (Lipinski definition) is 5. The van der Waals surface area contributed by atoms with Crippen molar-refractivity contribution in [1.82, 2.24) is 9.97 Å². The molecule has 0 aliphatic heterocycles. The Morgan fingerprint density at radius 1 is 1.06 bits per heavy atom. The molecule has 1 aromatic carbocycles. The highest BCUT2D eigenvalue weighted by Crippen LogP contribution is 2.34. The third kappa shape index (κ3) is 2.11. The summed E-state index contributed by atoms with van der Waals surface area (Å²) in [5, 5.41) is 4.00. The van der Waals surface area contributed by atoms with Crippen LogP contribution in [0.3, 0.4) is 0 Å². The number of nitrogens with zero attached hydrogens (tertiary/aromatic N) is 2. The van der Waals surface area contributed by atoms with Crippen LogP contribution in [0.1, 0.15) is 0 Å². The van der Waals surface area contributed by atoms with Crippen LogP contribution in [0.25, 0.3) is 10.9 Å². The molecular weight excluding hydrogens is 250 g/mol. The van der Waals surface area contributed by atoms with Crippen molar-refractivity contribution in [2.24, 2.45) is 0 Å². The van der Waals surface area contributed by atoms with Gasteiger partial charge in [0.2, 0.25) is 5.95 Å². The normalized spacial score (nSPS) is 10.8. The highest BCUT2D eigenvalue weighted by molar-refractivity contribution is 8.01. The molecule has 2 aromatic heterocycles. The van der Waals surface area contributed by atoms with Gasteiger partial charge in [-0.05, 0) is 17.5 Å². The Balaban J connectivity index is 2.14. The molecule has 0 radical (unpaired) electrons. The van der Waals surface area contributed by atoms with Crippen molar-refractivity contribution in [1.29, 1.82) is 0 Å². The van der Waals surface area contributed by atoms with E-state index in [1.165, 1.54) is 4.21 Å². The summed E-state index contributed by atoms with van der Waals surface area (Å²) in [6.07, 6.45) is 0. The van der Waals surface area contributed by atoms with Crippen molar-refractivity contribution in [2.45, 2.75) is 9.24 Å². The minimum absolute atomic E-state index is 0.322. The number of hydrogen-bond donors (Lipinski definition) is 1. The molecule has 3 rings (SSSR count). The SMILES string of the molecule is Nc1nc(Sc2cccs2)c2ccccc2n1. The molecule has 0 aliphatic rings. The maximum absolute atomic E-state index is 5.72. The largest absolute Gasteiger partial charge is 0.368 e. The standard InChI is InChI=1S/C12H9N3S2/c13-12-14-9-5-2-1-4-8(9)11(15-12)17-10-6-3-7-16-10/h1-7H,(H2,13,14,15). The van der Waals surface area contributed by atoms with Gasteiger partial charge in [0.1, 0.15) is 5.03 Å². The maximum Gasteiger partial charge on any atom is 0.221 e. The van der Waals surface area contributed by atoms with Crippen LogP contribution in [0.15, 0.2) is 51.0 Å². The second-order valence-corrected chi connectivity index (χ2v) is 5.68. The van der Waals surface area contributed by atoms with E-state index in [1.807, 2.05) is 30.3 Å². The van der Waals surface area contributed by atoms with Crippen LogP contribution < -0.4 is 5.73 Å². The molecule has 0 spiro atoms. The van der Waals surface area contributed by atoms with Crippen molar-refractivity contribution in [2.75, 3.05) is 5.73 Å². The second kappa shape index (κ2) is 4.35. The van der Waals surface area contributed by atoms with Crippen LogP contribution >= 0.6 is 23.1 Å². The Labute approximate surface area is 107 Å². The lowest BCUT2D eigenvalue weighted by Crippen LogP contribution is -1.96. The van der Waals surface area contributed by atoms with Gasteiger partial charge in [-0.1, -0.05) is 36.0 Å². The van der Waals surface area contributed by atoms with Crippen molar-refractivity contribution in [3.63, 3.8) is 0 Å². The van der Waals surface area contributed by atoms with Crippen LogP contribution in [0.4, 0.5) is 5.95 Å². The minimum Gasteiger partial charge on any atom is -0.368 e. The van der Waals surface area contributed by atoms with E-state index < -0.39 is 0 Å². The van der Waals surface area contributed by atoms with E-state index >= 15 is 0 Å². The summed E-state index contributed by atoms with van der Waals surface area (Å²) < 4.78 is 1.20. The first-order valence-corrected chi connectivity index (χ1v) is 6.76. The van der Waals surface area contributed by atoms with E-state index in [2.05, 4.69) is 21.4 Å². The fraction of sp³-hybridized carbons (Fsp3) is 0. The van der Waals surface area contributed by atoms with Crippen molar-refractivity contribution in [3.05, 3.63) is 41.8 Å².